The van der Waals surface area contributed by atoms with Crippen molar-refractivity contribution in [1.29, 1.82) is 0 Å². The number of aliphatic hydroxyl groups is 1. The van der Waals surface area contributed by atoms with E-state index in [-0.39, 0.29) is 6.61 Å². The summed E-state index contributed by atoms with van der Waals surface area (Å²) in [5.41, 5.74) is 1.34. The second-order valence-corrected chi connectivity index (χ2v) is 6.48. The van der Waals surface area contributed by atoms with E-state index in [1.807, 2.05) is 12.1 Å². The van der Waals surface area contributed by atoms with Gasteiger partial charge in [0.2, 0.25) is 0 Å². The summed E-state index contributed by atoms with van der Waals surface area (Å²) in [7, 11) is 1.67. The van der Waals surface area contributed by atoms with Crippen LogP contribution in [0.5, 0.6) is 0 Å². The van der Waals surface area contributed by atoms with Crippen LogP contribution in [0.1, 0.15) is 31.8 Å². The van der Waals surface area contributed by atoms with Crippen molar-refractivity contribution in [2.75, 3.05) is 39.9 Å². The van der Waals surface area contributed by atoms with Crippen molar-refractivity contribution in [3.63, 3.8) is 0 Å². The number of piperazine rings is 1. The van der Waals surface area contributed by atoms with Crippen LogP contribution in [0.2, 0.25) is 0 Å². The van der Waals surface area contributed by atoms with E-state index in [2.05, 4.69) is 29.7 Å². The predicted molar refractivity (Wildman–Crippen MR) is 91.2 cm³/mol. The summed E-state index contributed by atoms with van der Waals surface area (Å²) >= 11 is 0. The fraction of sp³-hybridized carbons (Fsp3) is 0.667. The van der Waals surface area contributed by atoms with E-state index < -0.39 is 0 Å². The zero-order chi connectivity index (χ0) is 16.7. The molecule has 5 nitrogen and oxygen atoms in total. The van der Waals surface area contributed by atoms with Crippen molar-refractivity contribution in [1.82, 2.24) is 9.80 Å². The van der Waals surface area contributed by atoms with E-state index in [4.69, 9.17) is 9.15 Å². The van der Waals surface area contributed by atoms with E-state index in [9.17, 15) is 5.11 Å². The Bertz CT molecular complexity index is 494. The van der Waals surface area contributed by atoms with Gasteiger partial charge in [-0.15, -0.1) is 0 Å². The number of ether oxygens (including phenoxy) is 1. The van der Waals surface area contributed by atoms with Gasteiger partial charge in [-0.2, -0.15) is 0 Å². The average molecular weight is 322 g/mol. The summed E-state index contributed by atoms with van der Waals surface area (Å²) in [4.78, 5) is 4.88. The van der Waals surface area contributed by atoms with Gasteiger partial charge in [-0.3, -0.25) is 9.80 Å². The first-order chi connectivity index (χ1) is 11.1. The number of hydrogen-bond acceptors (Lipinski definition) is 5. The van der Waals surface area contributed by atoms with Gasteiger partial charge in [0.1, 0.15) is 18.1 Å². The molecule has 2 heterocycles. The minimum atomic E-state index is 0.239. The van der Waals surface area contributed by atoms with Crippen LogP contribution in [0.3, 0.4) is 0 Å². The lowest BCUT2D eigenvalue weighted by atomic mass is 10.1. The van der Waals surface area contributed by atoms with Crippen molar-refractivity contribution >= 4 is 0 Å². The minimum Gasteiger partial charge on any atom is -0.462 e. The van der Waals surface area contributed by atoms with E-state index >= 15 is 0 Å². The van der Waals surface area contributed by atoms with Gasteiger partial charge in [0.25, 0.3) is 0 Å². The number of methoxy groups -OCH3 is 1. The summed E-state index contributed by atoms with van der Waals surface area (Å²) in [5.74, 6) is 1.86. The standard InChI is InChI=1S/C18H30N2O3/c1-15(2)6-8-20-10-9-19(12-16(20)7-11-21)13-17-4-5-18(23-17)14-22-3/h4-6,16,21H,7-14H2,1-3H3/t16-/m0/s1. The van der Waals surface area contributed by atoms with Crippen LogP contribution >= 0.6 is 0 Å². The van der Waals surface area contributed by atoms with E-state index in [1.54, 1.807) is 7.11 Å². The molecular formula is C18H30N2O3. The van der Waals surface area contributed by atoms with Gasteiger partial charge in [-0.1, -0.05) is 11.6 Å². The molecule has 2 rings (SSSR count). The maximum atomic E-state index is 9.36. The van der Waals surface area contributed by atoms with Crippen LogP contribution in [0.15, 0.2) is 28.2 Å². The molecule has 1 fully saturated rings. The quantitative estimate of drug-likeness (QED) is 0.744. The Kier molecular flexibility index (Phi) is 7.30. The van der Waals surface area contributed by atoms with Crippen molar-refractivity contribution < 1.29 is 14.3 Å². The molecule has 1 saturated heterocycles. The zero-order valence-electron chi connectivity index (χ0n) is 14.6. The van der Waals surface area contributed by atoms with Crippen LogP contribution in [0.4, 0.5) is 0 Å². The summed E-state index contributed by atoms with van der Waals surface area (Å²) in [5, 5.41) is 9.36. The Labute approximate surface area is 139 Å². The van der Waals surface area contributed by atoms with Crippen LogP contribution in [-0.2, 0) is 17.9 Å². The zero-order valence-corrected chi connectivity index (χ0v) is 14.6. The van der Waals surface area contributed by atoms with E-state index in [0.29, 0.717) is 12.6 Å². The number of hydrogen-bond donors (Lipinski definition) is 1. The fourth-order valence-corrected chi connectivity index (χ4v) is 3.01. The third kappa shape index (κ3) is 5.77. The van der Waals surface area contributed by atoms with Crippen LogP contribution in [-0.4, -0.2) is 60.8 Å². The molecule has 1 N–H and O–H groups in total. The Morgan fingerprint density at radius 1 is 1.35 bits per heavy atom. The van der Waals surface area contributed by atoms with Crippen molar-refractivity contribution in [3.05, 3.63) is 35.3 Å². The van der Waals surface area contributed by atoms with Crippen molar-refractivity contribution in [2.24, 2.45) is 0 Å². The normalized spacial score (nSPS) is 19.9. The smallest absolute Gasteiger partial charge is 0.129 e. The Morgan fingerprint density at radius 2 is 2.13 bits per heavy atom. The monoisotopic (exact) mass is 322 g/mol. The highest BCUT2D eigenvalue weighted by molar-refractivity contribution is 5.07. The topological polar surface area (TPSA) is 49.1 Å². The fourth-order valence-electron chi connectivity index (χ4n) is 3.01. The lowest BCUT2D eigenvalue weighted by Gasteiger charge is -2.40. The third-order valence-electron chi connectivity index (χ3n) is 4.27. The van der Waals surface area contributed by atoms with Crippen molar-refractivity contribution in [3.8, 4) is 0 Å². The highest BCUT2D eigenvalue weighted by Crippen LogP contribution is 2.17. The first kappa shape index (κ1) is 18.2. The molecule has 0 bridgehead atoms. The van der Waals surface area contributed by atoms with Gasteiger partial charge in [0.05, 0.1) is 6.54 Å². The average Bonchev–Trinajstić information content (AvgIpc) is 2.94. The van der Waals surface area contributed by atoms with Gasteiger partial charge < -0.3 is 14.3 Å². The number of furan rings is 1. The molecule has 1 aromatic heterocycles. The molecule has 130 valence electrons. The van der Waals surface area contributed by atoms with Gasteiger partial charge in [0.15, 0.2) is 0 Å². The highest BCUT2D eigenvalue weighted by atomic mass is 16.5. The second-order valence-electron chi connectivity index (χ2n) is 6.48. The SMILES string of the molecule is COCc1ccc(CN2CCN(CC=C(C)C)[C@@H](CCO)C2)o1. The number of aliphatic hydroxyl groups excluding tert-OH is 1. The summed E-state index contributed by atoms with van der Waals surface area (Å²) in [6.07, 6.45) is 3.09. The molecule has 0 radical (unpaired) electrons. The van der Waals surface area contributed by atoms with Crippen LogP contribution < -0.4 is 0 Å². The summed E-state index contributed by atoms with van der Waals surface area (Å²) in [6, 6.07) is 4.41. The first-order valence-corrected chi connectivity index (χ1v) is 8.39. The lowest BCUT2D eigenvalue weighted by molar-refractivity contribution is 0.0593. The molecule has 1 aromatic rings. The van der Waals surface area contributed by atoms with E-state index in [1.165, 1.54) is 5.57 Å². The summed E-state index contributed by atoms with van der Waals surface area (Å²) < 4.78 is 10.9. The van der Waals surface area contributed by atoms with E-state index in [0.717, 1.165) is 50.7 Å². The van der Waals surface area contributed by atoms with Gasteiger partial charge >= 0.3 is 0 Å². The number of nitrogens with zero attached hydrogens (tertiary/aromatic N) is 2. The largest absolute Gasteiger partial charge is 0.462 e. The molecule has 23 heavy (non-hydrogen) atoms. The molecule has 0 aromatic carbocycles. The van der Waals surface area contributed by atoms with Crippen LogP contribution in [0, 0.1) is 0 Å². The maximum absolute atomic E-state index is 9.36. The third-order valence-corrected chi connectivity index (χ3v) is 4.27. The molecule has 0 unspecified atom stereocenters. The van der Waals surface area contributed by atoms with Crippen LogP contribution in [0.25, 0.3) is 0 Å². The first-order valence-electron chi connectivity index (χ1n) is 8.39. The molecule has 1 atom stereocenters. The Balaban J connectivity index is 1.90. The molecule has 0 aliphatic carbocycles. The second kappa shape index (κ2) is 9.23. The maximum Gasteiger partial charge on any atom is 0.129 e. The Hall–Kier alpha value is -1.14. The lowest BCUT2D eigenvalue weighted by Crippen LogP contribution is -2.53. The molecule has 1 aliphatic heterocycles. The minimum absolute atomic E-state index is 0.239. The molecular weight excluding hydrogens is 292 g/mol. The summed E-state index contributed by atoms with van der Waals surface area (Å²) in [6.45, 7) is 9.84. The molecule has 1 aliphatic rings. The number of rotatable bonds is 8. The van der Waals surface area contributed by atoms with Gasteiger partial charge in [0, 0.05) is 45.9 Å². The molecule has 0 amide bonds. The molecule has 0 spiro atoms. The van der Waals surface area contributed by atoms with Gasteiger partial charge in [-0.25, -0.2) is 0 Å². The number of allylic oxidation sites excluding steroid dienone is 1. The van der Waals surface area contributed by atoms with Gasteiger partial charge in [-0.05, 0) is 32.4 Å². The van der Waals surface area contributed by atoms with Crippen molar-refractivity contribution in [2.45, 2.75) is 39.5 Å². The highest BCUT2D eigenvalue weighted by Gasteiger charge is 2.26. The molecule has 0 saturated carbocycles. The predicted octanol–water partition coefficient (Wildman–Crippen LogP) is 2.26. The molecule has 5 heteroatoms. The Morgan fingerprint density at radius 3 is 2.83 bits per heavy atom.